The molecule has 0 bridgehead atoms. The number of hydrogen-bond donors (Lipinski definition) is 2. The van der Waals surface area contributed by atoms with Crippen LogP contribution in [0.15, 0.2) is 52.9 Å². The zero-order valence-electron chi connectivity index (χ0n) is 15.4. The summed E-state index contributed by atoms with van der Waals surface area (Å²) in [7, 11) is 0. The van der Waals surface area contributed by atoms with Crippen molar-refractivity contribution in [3.63, 3.8) is 0 Å². The van der Waals surface area contributed by atoms with Crippen molar-refractivity contribution in [1.29, 1.82) is 0 Å². The number of nitrogens with one attached hydrogen (secondary N) is 2. The number of aromatic amines is 1. The molecule has 1 fully saturated rings. The van der Waals surface area contributed by atoms with Crippen LogP contribution in [0, 0.1) is 6.92 Å². The normalized spacial score (nSPS) is 17.3. The highest BCUT2D eigenvalue weighted by atomic mass is 16.3. The van der Waals surface area contributed by atoms with E-state index in [9.17, 15) is 4.79 Å². The predicted octanol–water partition coefficient (Wildman–Crippen LogP) is 3.20. The minimum absolute atomic E-state index is 0.167. The summed E-state index contributed by atoms with van der Waals surface area (Å²) in [5.41, 5.74) is 2.49. The van der Waals surface area contributed by atoms with Crippen molar-refractivity contribution in [2.45, 2.75) is 19.3 Å². The summed E-state index contributed by atoms with van der Waals surface area (Å²) in [6.45, 7) is 5.46. The van der Waals surface area contributed by atoms with Gasteiger partial charge in [0, 0.05) is 25.7 Å². The van der Waals surface area contributed by atoms with E-state index in [1.54, 1.807) is 6.07 Å². The van der Waals surface area contributed by atoms with E-state index in [1.165, 1.54) is 12.0 Å². The van der Waals surface area contributed by atoms with Gasteiger partial charge in [0.25, 0.3) is 5.91 Å². The molecular formula is C21H24N4O2. The van der Waals surface area contributed by atoms with E-state index in [0.717, 1.165) is 25.4 Å². The Labute approximate surface area is 158 Å². The highest BCUT2D eigenvalue weighted by Crippen LogP contribution is 2.26. The Bertz CT molecular complexity index is 900. The fraction of sp³-hybridized carbons (Fsp3) is 0.333. The van der Waals surface area contributed by atoms with Crippen molar-refractivity contribution in [2.75, 3.05) is 26.2 Å². The number of aromatic nitrogens is 2. The lowest BCUT2D eigenvalue weighted by molar-refractivity contribution is 0.0944. The second-order valence-electron chi connectivity index (χ2n) is 7.03. The maximum atomic E-state index is 12.3. The monoisotopic (exact) mass is 364 g/mol. The Morgan fingerprint density at radius 3 is 2.93 bits per heavy atom. The van der Waals surface area contributed by atoms with Crippen LogP contribution >= 0.6 is 0 Å². The number of benzene rings is 1. The van der Waals surface area contributed by atoms with Gasteiger partial charge in [0.05, 0.1) is 0 Å². The molecule has 1 aliphatic heterocycles. The lowest BCUT2D eigenvalue weighted by Crippen LogP contribution is -2.34. The number of H-pyrrole nitrogens is 1. The van der Waals surface area contributed by atoms with E-state index in [4.69, 9.17) is 4.42 Å². The van der Waals surface area contributed by atoms with E-state index in [-0.39, 0.29) is 5.91 Å². The minimum atomic E-state index is -0.167. The number of likely N-dealkylation sites (tertiary alicyclic amines) is 1. The van der Waals surface area contributed by atoms with Crippen LogP contribution in [0.2, 0.25) is 0 Å². The number of rotatable bonds is 6. The third kappa shape index (κ3) is 4.11. The summed E-state index contributed by atoms with van der Waals surface area (Å²) in [5.74, 6) is 1.93. The standard InChI is InChI=1S/C21H24N4O2/c1-15-7-8-20(27-15)18-13-19(24-23-18)21(26)22-10-12-25-11-9-17(14-25)16-5-3-2-4-6-16/h2-8,13,17H,9-12,14H2,1H3,(H,22,26)(H,23,24)/t17-/m0/s1. The van der Waals surface area contributed by atoms with Crippen LogP contribution in [0.1, 0.15) is 34.2 Å². The Hall–Kier alpha value is -2.86. The SMILES string of the molecule is Cc1ccc(-c2cc(C(=O)NCCN3CC[C@H](c4ccccc4)C3)n[nH]2)o1. The van der Waals surface area contributed by atoms with E-state index >= 15 is 0 Å². The van der Waals surface area contributed by atoms with Crippen molar-refractivity contribution in [2.24, 2.45) is 0 Å². The van der Waals surface area contributed by atoms with E-state index < -0.39 is 0 Å². The van der Waals surface area contributed by atoms with E-state index in [0.29, 0.717) is 29.6 Å². The molecule has 6 nitrogen and oxygen atoms in total. The molecule has 0 spiro atoms. The van der Waals surface area contributed by atoms with Gasteiger partial charge < -0.3 is 14.6 Å². The zero-order valence-corrected chi connectivity index (χ0v) is 15.4. The quantitative estimate of drug-likeness (QED) is 0.704. The highest BCUT2D eigenvalue weighted by Gasteiger charge is 2.23. The summed E-state index contributed by atoms with van der Waals surface area (Å²) in [6.07, 6.45) is 1.17. The van der Waals surface area contributed by atoms with Gasteiger partial charge in [-0.2, -0.15) is 5.10 Å². The number of carbonyl (C=O) groups excluding carboxylic acids is 1. The van der Waals surface area contributed by atoms with Crippen LogP contribution in [0.3, 0.4) is 0 Å². The van der Waals surface area contributed by atoms with Gasteiger partial charge in [-0.3, -0.25) is 9.89 Å². The molecule has 1 saturated heterocycles. The van der Waals surface area contributed by atoms with Gasteiger partial charge in [0.15, 0.2) is 11.5 Å². The second-order valence-corrected chi connectivity index (χ2v) is 7.03. The van der Waals surface area contributed by atoms with Crippen molar-refractivity contribution in [3.05, 3.63) is 65.5 Å². The number of nitrogens with zero attached hydrogens (tertiary/aromatic N) is 2. The molecule has 3 aromatic rings. The molecule has 1 amide bonds. The average molecular weight is 364 g/mol. The molecule has 1 atom stereocenters. The Balaban J connectivity index is 1.25. The summed E-state index contributed by atoms with van der Waals surface area (Å²) < 4.78 is 5.55. The molecule has 27 heavy (non-hydrogen) atoms. The summed E-state index contributed by atoms with van der Waals surface area (Å²) >= 11 is 0. The van der Waals surface area contributed by atoms with Gasteiger partial charge in [-0.25, -0.2) is 0 Å². The Morgan fingerprint density at radius 2 is 2.15 bits per heavy atom. The fourth-order valence-corrected chi connectivity index (χ4v) is 3.59. The highest BCUT2D eigenvalue weighted by molar-refractivity contribution is 5.93. The maximum Gasteiger partial charge on any atom is 0.271 e. The molecule has 3 heterocycles. The van der Waals surface area contributed by atoms with Crippen molar-refractivity contribution < 1.29 is 9.21 Å². The van der Waals surface area contributed by atoms with Crippen molar-refractivity contribution in [3.8, 4) is 11.5 Å². The molecule has 0 saturated carbocycles. The minimum Gasteiger partial charge on any atom is -0.460 e. The lowest BCUT2D eigenvalue weighted by atomic mass is 9.99. The second kappa shape index (κ2) is 7.80. The molecule has 140 valence electrons. The van der Waals surface area contributed by atoms with Gasteiger partial charge in [-0.1, -0.05) is 30.3 Å². The molecule has 0 unspecified atom stereocenters. The van der Waals surface area contributed by atoms with Gasteiger partial charge in [-0.15, -0.1) is 0 Å². The Morgan fingerprint density at radius 1 is 1.30 bits per heavy atom. The van der Waals surface area contributed by atoms with Crippen molar-refractivity contribution in [1.82, 2.24) is 20.4 Å². The van der Waals surface area contributed by atoms with Gasteiger partial charge >= 0.3 is 0 Å². The van der Waals surface area contributed by atoms with Crippen LogP contribution in [-0.4, -0.2) is 47.2 Å². The largest absolute Gasteiger partial charge is 0.460 e. The van der Waals surface area contributed by atoms with Gasteiger partial charge in [0.1, 0.15) is 11.5 Å². The van der Waals surface area contributed by atoms with Gasteiger partial charge in [-0.05, 0) is 43.5 Å². The molecule has 1 aliphatic rings. The van der Waals surface area contributed by atoms with Gasteiger partial charge in [0.2, 0.25) is 0 Å². The maximum absolute atomic E-state index is 12.3. The number of amides is 1. The van der Waals surface area contributed by atoms with Crippen LogP contribution < -0.4 is 5.32 Å². The molecular weight excluding hydrogens is 340 g/mol. The van der Waals surface area contributed by atoms with Crippen LogP contribution in [0.5, 0.6) is 0 Å². The first-order chi connectivity index (χ1) is 13.2. The fourth-order valence-electron chi connectivity index (χ4n) is 3.59. The van der Waals surface area contributed by atoms with Crippen LogP contribution in [0.4, 0.5) is 0 Å². The molecule has 0 aliphatic carbocycles. The number of furan rings is 1. The predicted molar refractivity (Wildman–Crippen MR) is 104 cm³/mol. The first kappa shape index (κ1) is 17.5. The van der Waals surface area contributed by atoms with Crippen LogP contribution in [-0.2, 0) is 0 Å². The number of hydrogen-bond acceptors (Lipinski definition) is 4. The molecule has 4 rings (SSSR count). The first-order valence-electron chi connectivity index (χ1n) is 9.37. The number of aryl methyl sites for hydroxylation is 1. The summed E-state index contributed by atoms with van der Waals surface area (Å²) in [5, 5.41) is 9.91. The molecule has 6 heteroatoms. The zero-order chi connectivity index (χ0) is 18.6. The first-order valence-corrected chi connectivity index (χ1v) is 9.37. The van der Waals surface area contributed by atoms with Crippen LogP contribution in [0.25, 0.3) is 11.5 Å². The molecule has 0 radical (unpaired) electrons. The lowest BCUT2D eigenvalue weighted by Gasteiger charge is -2.16. The molecule has 2 aromatic heterocycles. The topological polar surface area (TPSA) is 74.2 Å². The van der Waals surface area contributed by atoms with Crippen molar-refractivity contribution >= 4 is 5.91 Å². The third-order valence-corrected chi connectivity index (χ3v) is 5.07. The molecule has 2 N–H and O–H groups in total. The smallest absolute Gasteiger partial charge is 0.271 e. The third-order valence-electron chi connectivity index (χ3n) is 5.07. The molecule has 1 aromatic carbocycles. The van der Waals surface area contributed by atoms with E-state index in [1.807, 2.05) is 19.1 Å². The Kier molecular flexibility index (Phi) is 5.07. The average Bonchev–Trinajstić information content (AvgIpc) is 3.43. The summed E-state index contributed by atoms with van der Waals surface area (Å²) in [6, 6.07) is 16.1. The number of carbonyl (C=O) groups is 1. The van der Waals surface area contributed by atoms with E-state index in [2.05, 4.69) is 50.7 Å². The summed E-state index contributed by atoms with van der Waals surface area (Å²) in [4.78, 5) is 14.7.